The van der Waals surface area contributed by atoms with Crippen molar-refractivity contribution in [1.82, 2.24) is 9.55 Å². The van der Waals surface area contributed by atoms with E-state index in [9.17, 15) is 9.59 Å². The van der Waals surface area contributed by atoms with Gasteiger partial charge in [0.05, 0.1) is 5.69 Å². The van der Waals surface area contributed by atoms with Crippen LogP contribution in [-0.4, -0.2) is 28.5 Å². The maximum atomic E-state index is 12.6. The van der Waals surface area contributed by atoms with Crippen LogP contribution in [0.25, 0.3) is 11.1 Å². The van der Waals surface area contributed by atoms with Crippen LogP contribution < -0.4 is 15.8 Å². The quantitative estimate of drug-likeness (QED) is 0.768. The highest BCUT2D eigenvalue weighted by atomic mass is 16.4. The topological polar surface area (TPSA) is 80.4 Å². The van der Waals surface area contributed by atoms with E-state index in [1.807, 2.05) is 31.2 Å². The molecule has 1 saturated heterocycles. The molecule has 0 radical (unpaired) electrons. The number of amides is 1. The minimum atomic E-state index is -0.0675. The SMILES string of the molecule is CCn1cc(NC(=O)C2CCN(c3nc4ccccc4o3)CC2)ccc1=O. The van der Waals surface area contributed by atoms with Gasteiger partial charge < -0.3 is 19.2 Å². The minimum Gasteiger partial charge on any atom is -0.423 e. The molecule has 1 aliphatic rings. The molecule has 0 aliphatic carbocycles. The van der Waals surface area contributed by atoms with Crippen LogP contribution in [0.3, 0.4) is 0 Å². The smallest absolute Gasteiger partial charge is 0.298 e. The van der Waals surface area contributed by atoms with Gasteiger partial charge in [-0.25, -0.2) is 0 Å². The molecule has 7 heteroatoms. The van der Waals surface area contributed by atoms with Crippen molar-refractivity contribution in [2.45, 2.75) is 26.3 Å². The molecule has 3 heterocycles. The first-order valence-corrected chi connectivity index (χ1v) is 9.26. The van der Waals surface area contributed by atoms with E-state index in [4.69, 9.17) is 4.42 Å². The van der Waals surface area contributed by atoms with E-state index in [0.29, 0.717) is 18.2 Å². The van der Waals surface area contributed by atoms with E-state index in [1.54, 1.807) is 16.8 Å². The van der Waals surface area contributed by atoms with E-state index in [0.717, 1.165) is 37.0 Å². The van der Waals surface area contributed by atoms with Crippen molar-refractivity contribution in [2.24, 2.45) is 5.92 Å². The Morgan fingerprint density at radius 3 is 2.74 bits per heavy atom. The summed E-state index contributed by atoms with van der Waals surface area (Å²) in [6.45, 7) is 3.92. The second-order valence-corrected chi connectivity index (χ2v) is 6.76. The molecule has 1 aliphatic heterocycles. The Labute approximate surface area is 156 Å². The largest absolute Gasteiger partial charge is 0.423 e. The molecule has 3 aromatic rings. The molecule has 7 nitrogen and oxygen atoms in total. The minimum absolute atomic E-state index is 0.00600. The number of nitrogens with zero attached hydrogens (tertiary/aromatic N) is 3. The lowest BCUT2D eigenvalue weighted by Crippen LogP contribution is -2.38. The van der Waals surface area contributed by atoms with Gasteiger partial charge in [-0.1, -0.05) is 12.1 Å². The summed E-state index contributed by atoms with van der Waals surface area (Å²) in [4.78, 5) is 30.8. The Kier molecular flexibility index (Phi) is 4.66. The summed E-state index contributed by atoms with van der Waals surface area (Å²) in [5, 5.41) is 2.93. The zero-order valence-corrected chi connectivity index (χ0v) is 15.2. The number of carbonyl (C=O) groups is 1. The number of hydrogen-bond donors (Lipinski definition) is 1. The zero-order chi connectivity index (χ0) is 18.8. The number of oxazole rings is 1. The number of piperidine rings is 1. The van der Waals surface area contributed by atoms with Crippen LogP contribution >= 0.6 is 0 Å². The van der Waals surface area contributed by atoms with Crippen molar-refractivity contribution in [2.75, 3.05) is 23.3 Å². The first kappa shape index (κ1) is 17.3. The molecule has 0 saturated carbocycles. The number of nitrogens with one attached hydrogen (secondary N) is 1. The van der Waals surface area contributed by atoms with E-state index >= 15 is 0 Å². The van der Waals surface area contributed by atoms with E-state index in [1.165, 1.54) is 6.07 Å². The number of benzene rings is 1. The summed E-state index contributed by atoms with van der Waals surface area (Å²) in [7, 11) is 0. The van der Waals surface area contributed by atoms with E-state index in [-0.39, 0.29) is 17.4 Å². The van der Waals surface area contributed by atoms with Crippen molar-refractivity contribution >= 4 is 28.7 Å². The second-order valence-electron chi connectivity index (χ2n) is 6.76. The molecule has 1 aromatic carbocycles. The Hall–Kier alpha value is -3.09. The summed E-state index contributed by atoms with van der Waals surface area (Å²) in [5.41, 5.74) is 2.21. The summed E-state index contributed by atoms with van der Waals surface area (Å²) in [6.07, 6.45) is 3.16. The molecule has 2 aromatic heterocycles. The Bertz CT molecular complexity index is 982. The lowest BCUT2D eigenvalue weighted by molar-refractivity contribution is -0.120. The molecule has 140 valence electrons. The maximum Gasteiger partial charge on any atom is 0.298 e. The molecule has 27 heavy (non-hydrogen) atoms. The molecular weight excluding hydrogens is 344 g/mol. The third kappa shape index (κ3) is 3.58. The van der Waals surface area contributed by atoms with Crippen LogP contribution in [0.2, 0.25) is 0 Å². The fourth-order valence-corrected chi connectivity index (χ4v) is 3.43. The summed E-state index contributed by atoms with van der Waals surface area (Å²) in [5.74, 6) is -0.0684. The van der Waals surface area contributed by atoms with Crippen molar-refractivity contribution in [3.8, 4) is 0 Å². The monoisotopic (exact) mass is 366 g/mol. The average Bonchev–Trinajstić information content (AvgIpc) is 3.14. The molecule has 1 fully saturated rings. The average molecular weight is 366 g/mol. The van der Waals surface area contributed by atoms with Gasteiger partial charge in [-0.3, -0.25) is 9.59 Å². The molecule has 0 unspecified atom stereocenters. The first-order valence-electron chi connectivity index (χ1n) is 9.26. The highest BCUT2D eigenvalue weighted by Gasteiger charge is 2.27. The van der Waals surface area contributed by atoms with E-state index in [2.05, 4.69) is 15.2 Å². The number of aromatic nitrogens is 2. The van der Waals surface area contributed by atoms with Gasteiger partial charge in [0.15, 0.2) is 5.58 Å². The fraction of sp³-hybridized carbons (Fsp3) is 0.350. The summed E-state index contributed by atoms with van der Waals surface area (Å²) >= 11 is 0. The van der Waals surface area contributed by atoms with Crippen LogP contribution in [0.4, 0.5) is 11.7 Å². The number of para-hydroxylation sites is 2. The predicted molar refractivity (Wildman–Crippen MR) is 104 cm³/mol. The number of pyridine rings is 1. The third-order valence-corrected chi connectivity index (χ3v) is 5.01. The van der Waals surface area contributed by atoms with Gasteiger partial charge in [-0.15, -0.1) is 0 Å². The molecule has 0 atom stereocenters. The summed E-state index contributed by atoms with van der Waals surface area (Å²) in [6, 6.07) is 11.4. The third-order valence-electron chi connectivity index (χ3n) is 5.01. The Morgan fingerprint density at radius 1 is 1.22 bits per heavy atom. The number of hydrogen-bond acceptors (Lipinski definition) is 5. The molecule has 4 rings (SSSR count). The van der Waals surface area contributed by atoms with Gasteiger partial charge in [0.25, 0.3) is 11.6 Å². The lowest BCUT2D eigenvalue weighted by Gasteiger charge is -2.30. The Balaban J connectivity index is 1.38. The summed E-state index contributed by atoms with van der Waals surface area (Å²) < 4.78 is 7.39. The van der Waals surface area contributed by atoms with Crippen LogP contribution in [0.15, 0.2) is 51.8 Å². The van der Waals surface area contributed by atoms with Crippen molar-refractivity contribution in [3.63, 3.8) is 0 Å². The van der Waals surface area contributed by atoms with Crippen molar-refractivity contribution < 1.29 is 9.21 Å². The standard InChI is InChI=1S/C20H22N4O3/c1-2-23-13-15(7-8-18(23)25)21-19(26)14-9-11-24(12-10-14)20-22-16-5-3-4-6-17(16)27-20/h3-8,13-14H,2,9-12H2,1H3,(H,21,26). The van der Waals surface area contributed by atoms with Gasteiger partial charge in [0.1, 0.15) is 5.52 Å². The lowest BCUT2D eigenvalue weighted by atomic mass is 9.96. The molecule has 1 N–H and O–H groups in total. The van der Waals surface area contributed by atoms with Crippen LogP contribution in [0.5, 0.6) is 0 Å². The van der Waals surface area contributed by atoms with Gasteiger partial charge in [-0.2, -0.15) is 4.98 Å². The first-order chi connectivity index (χ1) is 13.1. The van der Waals surface area contributed by atoms with Gasteiger partial charge in [0, 0.05) is 37.8 Å². The maximum absolute atomic E-state index is 12.6. The number of rotatable bonds is 4. The van der Waals surface area contributed by atoms with Crippen LogP contribution in [-0.2, 0) is 11.3 Å². The van der Waals surface area contributed by atoms with E-state index < -0.39 is 0 Å². The van der Waals surface area contributed by atoms with Gasteiger partial charge in [0.2, 0.25) is 5.91 Å². The predicted octanol–water partition coefficient (Wildman–Crippen LogP) is 2.86. The second kappa shape index (κ2) is 7.26. The van der Waals surface area contributed by atoms with Gasteiger partial charge >= 0.3 is 0 Å². The van der Waals surface area contributed by atoms with Gasteiger partial charge in [-0.05, 0) is 38.0 Å². The number of carbonyl (C=O) groups excluding carboxylic acids is 1. The fourth-order valence-electron chi connectivity index (χ4n) is 3.43. The molecule has 0 spiro atoms. The number of anilines is 2. The number of aryl methyl sites for hydroxylation is 1. The van der Waals surface area contributed by atoms with Crippen LogP contribution in [0, 0.1) is 5.92 Å². The molecular formula is C20H22N4O3. The molecule has 0 bridgehead atoms. The highest BCUT2D eigenvalue weighted by Crippen LogP contribution is 2.26. The number of fused-ring (bicyclic) bond motifs is 1. The van der Waals surface area contributed by atoms with Crippen molar-refractivity contribution in [1.29, 1.82) is 0 Å². The highest BCUT2D eigenvalue weighted by molar-refractivity contribution is 5.92. The Morgan fingerprint density at radius 2 is 2.00 bits per heavy atom. The van der Waals surface area contributed by atoms with Crippen molar-refractivity contribution in [3.05, 3.63) is 52.9 Å². The normalized spacial score (nSPS) is 15.2. The zero-order valence-electron chi connectivity index (χ0n) is 15.2. The van der Waals surface area contributed by atoms with Crippen LogP contribution in [0.1, 0.15) is 19.8 Å². The molecule has 1 amide bonds.